The highest BCUT2D eigenvalue weighted by molar-refractivity contribution is 7.13. The molecule has 0 unspecified atom stereocenters. The Bertz CT molecular complexity index is 483. The summed E-state index contributed by atoms with van der Waals surface area (Å²) in [5, 5.41) is 9.25. The van der Waals surface area contributed by atoms with Crippen LogP contribution in [0.25, 0.3) is 5.70 Å². The van der Waals surface area contributed by atoms with E-state index in [0.717, 1.165) is 29.1 Å². The minimum absolute atomic E-state index is 0.887. The third-order valence-electron chi connectivity index (χ3n) is 2.75. The van der Waals surface area contributed by atoms with Gasteiger partial charge in [-0.3, -0.25) is 5.10 Å². The summed E-state index contributed by atoms with van der Waals surface area (Å²) in [7, 11) is 1.87. The van der Waals surface area contributed by atoms with Crippen molar-refractivity contribution in [1.82, 2.24) is 15.5 Å². The first-order chi connectivity index (χ1) is 9.11. The van der Waals surface area contributed by atoms with E-state index in [4.69, 9.17) is 5.73 Å². The molecule has 0 saturated carbocycles. The van der Waals surface area contributed by atoms with Crippen molar-refractivity contribution >= 4 is 22.7 Å². The van der Waals surface area contributed by atoms with E-state index in [9.17, 15) is 0 Å². The number of hydrogen-bond acceptors (Lipinski definition) is 4. The van der Waals surface area contributed by atoms with Crippen LogP contribution >= 0.6 is 11.3 Å². The minimum atomic E-state index is 0.887. The Morgan fingerprint density at radius 2 is 2.32 bits per heavy atom. The molecule has 2 rings (SSSR count). The highest BCUT2D eigenvalue weighted by atomic mass is 32.1. The van der Waals surface area contributed by atoms with Crippen LogP contribution in [0.15, 0.2) is 25.0 Å². The topological polar surface area (TPSA) is 66.7 Å². The number of nitrogens with zero attached hydrogens (tertiary/aromatic N) is 1. The fourth-order valence-corrected chi connectivity index (χ4v) is 2.90. The quantitative estimate of drug-likeness (QED) is 0.804. The van der Waals surface area contributed by atoms with Crippen molar-refractivity contribution in [3.8, 4) is 0 Å². The van der Waals surface area contributed by atoms with Gasteiger partial charge in [0.2, 0.25) is 0 Å². The first-order valence-electron chi connectivity index (χ1n) is 6.30. The van der Waals surface area contributed by atoms with Crippen LogP contribution in [0.4, 0.5) is 5.69 Å². The fraction of sp³-hybridized carbons (Fsp3) is 0.357. The highest BCUT2D eigenvalue weighted by Gasteiger charge is 2.12. The van der Waals surface area contributed by atoms with Crippen molar-refractivity contribution in [2.24, 2.45) is 0 Å². The zero-order valence-corrected chi connectivity index (χ0v) is 12.6. The standard InChI is InChI=1S/C11H18N2S.C3H4N2/c1-5-6-9-7(2)10(12)11(14-9)8(3)13-4;1-2-4-5-3-1/h13H,3,5-6,12H2,1-2,4H3;1-3H,(H,4,5). The van der Waals surface area contributed by atoms with E-state index in [1.54, 1.807) is 23.7 Å². The molecule has 0 saturated heterocycles. The van der Waals surface area contributed by atoms with Crippen LogP contribution in [0.1, 0.15) is 28.7 Å². The number of aromatic amines is 1. The number of aryl methyl sites for hydroxylation is 1. The Morgan fingerprint density at radius 1 is 1.58 bits per heavy atom. The van der Waals surface area contributed by atoms with Crippen LogP contribution in [0.5, 0.6) is 0 Å². The summed E-state index contributed by atoms with van der Waals surface area (Å²) in [5.74, 6) is 0. The SMILES string of the molecule is C=C(NC)c1sc(CCC)c(C)c1N.c1cn[nH]c1. The molecule has 0 fully saturated rings. The van der Waals surface area contributed by atoms with Crippen LogP contribution in [-0.4, -0.2) is 17.2 Å². The van der Waals surface area contributed by atoms with Crippen LogP contribution in [-0.2, 0) is 6.42 Å². The van der Waals surface area contributed by atoms with Crippen molar-refractivity contribution in [2.75, 3.05) is 12.8 Å². The van der Waals surface area contributed by atoms with Gasteiger partial charge in [-0.15, -0.1) is 11.3 Å². The summed E-state index contributed by atoms with van der Waals surface area (Å²) in [6, 6.07) is 1.83. The van der Waals surface area contributed by atoms with Gasteiger partial charge < -0.3 is 11.1 Å². The largest absolute Gasteiger partial charge is 0.397 e. The zero-order valence-electron chi connectivity index (χ0n) is 11.8. The first kappa shape index (κ1) is 15.3. The lowest BCUT2D eigenvalue weighted by molar-refractivity contribution is 0.933. The Labute approximate surface area is 118 Å². The third kappa shape index (κ3) is 4.13. The fourth-order valence-electron chi connectivity index (χ4n) is 1.59. The molecule has 4 N–H and O–H groups in total. The van der Waals surface area contributed by atoms with Crippen molar-refractivity contribution in [1.29, 1.82) is 0 Å². The lowest BCUT2D eigenvalue weighted by Gasteiger charge is -2.02. The van der Waals surface area contributed by atoms with Crippen LogP contribution < -0.4 is 11.1 Å². The summed E-state index contributed by atoms with van der Waals surface area (Å²) in [6.07, 6.45) is 5.73. The molecular weight excluding hydrogens is 256 g/mol. The van der Waals surface area contributed by atoms with E-state index in [0.29, 0.717) is 0 Å². The monoisotopic (exact) mass is 278 g/mol. The van der Waals surface area contributed by atoms with Gasteiger partial charge in [0, 0.05) is 30.0 Å². The molecule has 104 valence electrons. The van der Waals surface area contributed by atoms with Gasteiger partial charge in [-0.1, -0.05) is 19.9 Å². The number of hydrogen-bond donors (Lipinski definition) is 3. The predicted octanol–water partition coefficient (Wildman–Crippen LogP) is 3.19. The molecule has 0 spiro atoms. The molecule has 0 amide bonds. The van der Waals surface area contributed by atoms with Gasteiger partial charge in [0.1, 0.15) is 0 Å². The number of thiophene rings is 1. The molecule has 0 aliphatic carbocycles. The molecule has 0 atom stereocenters. The number of nitrogen functional groups attached to an aromatic ring is 1. The van der Waals surface area contributed by atoms with Crippen LogP contribution in [0.3, 0.4) is 0 Å². The van der Waals surface area contributed by atoms with Gasteiger partial charge in [-0.2, -0.15) is 5.10 Å². The Kier molecular flexibility index (Phi) is 6.15. The van der Waals surface area contributed by atoms with E-state index in [1.165, 1.54) is 10.4 Å². The van der Waals surface area contributed by atoms with E-state index in [2.05, 4.69) is 35.9 Å². The second kappa shape index (κ2) is 7.63. The van der Waals surface area contributed by atoms with Crippen LogP contribution in [0, 0.1) is 6.92 Å². The number of H-pyrrole nitrogens is 1. The number of nitrogens with one attached hydrogen (secondary N) is 2. The first-order valence-corrected chi connectivity index (χ1v) is 7.11. The molecule has 2 heterocycles. The second-order valence-corrected chi connectivity index (χ2v) is 5.24. The maximum Gasteiger partial charge on any atom is 0.0730 e. The van der Waals surface area contributed by atoms with E-state index < -0.39 is 0 Å². The molecular formula is C14H22N4S. The van der Waals surface area contributed by atoms with E-state index >= 15 is 0 Å². The Hall–Kier alpha value is -1.75. The summed E-state index contributed by atoms with van der Waals surface area (Å²) in [5.41, 5.74) is 9.05. The molecule has 0 radical (unpaired) electrons. The molecule has 0 aliphatic rings. The maximum atomic E-state index is 6.02. The van der Waals surface area contributed by atoms with Crippen LogP contribution in [0.2, 0.25) is 0 Å². The maximum absolute atomic E-state index is 6.02. The number of aromatic nitrogens is 2. The highest BCUT2D eigenvalue weighted by Crippen LogP contribution is 2.34. The van der Waals surface area contributed by atoms with Crippen molar-refractivity contribution in [2.45, 2.75) is 26.7 Å². The van der Waals surface area contributed by atoms with Crippen molar-refractivity contribution < 1.29 is 0 Å². The molecule has 0 bridgehead atoms. The minimum Gasteiger partial charge on any atom is -0.397 e. The summed E-state index contributed by atoms with van der Waals surface area (Å²) >= 11 is 1.76. The molecule has 0 aromatic carbocycles. The number of anilines is 1. The molecule has 4 nitrogen and oxygen atoms in total. The predicted molar refractivity (Wildman–Crippen MR) is 84.1 cm³/mol. The molecule has 2 aromatic heterocycles. The van der Waals surface area contributed by atoms with Gasteiger partial charge >= 0.3 is 0 Å². The van der Waals surface area contributed by atoms with Gasteiger partial charge in [0.05, 0.1) is 10.6 Å². The summed E-state index contributed by atoms with van der Waals surface area (Å²) < 4.78 is 0. The lowest BCUT2D eigenvalue weighted by Crippen LogP contribution is -2.03. The van der Waals surface area contributed by atoms with E-state index in [1.807, 2.05) is 13.1 Å². The molecule has 5 heteroatoms. The summed E-state index contributed by atoms with van der Waals surface area (Å²) in [6.45, 7) is 8.21. The molecule has 2 aromatic rings. The van der Waals surface area contributed by atoms with Crippen molar-refractivity contribution in [3.05, 3.63) is 40.4 Å². The van der Waals surface area contributed by atoms with Gasteiger partial charge in [0.25, 0.3) is 0 Å². The normalized spacial score (nSPS) is 9.63. The average Bonchev–Trinajstić information content (AvgIpc) is 3.06. The Balaban J connectivity index is 0.000000300. The zero-order chi connectivity index (χ0) is 14.3. The van der Waals surface area contributed by atoms with Gasteiger partial charge in [-0.05, 0) is 25.0 Å². The van der Waals surface area contributed by atoms with Crippen molar-refractivity contribution in [3.63, 3.8) is 0 Å². The van der Waals surface area contributed by atoms with Gasteiger partial charge in [0.15, 0.2) is 0 Å². The number of rotatable bonds is 4. The summed E-state index contributed by atoms with van der Waals surface area (Å²) in [4.78, 5) is 2.48. The molecule has 0 aliphatic heterocycles. The average molecular weight is 278 g/mol. The Morgan fingerprint density at radius 3 is 2.74 bits per heavy atom. The lowest BCUT2D eigenvalue weighted by atomic mass is 10.1. The smallest absolute Gasteiger partial charge is 0.0730 e. The second-order valence-electron chi connectivity index (χ2n) is 4.14. The van der Waals surface area contributed by atoms with E-state index in [-0.39, 0.29) is 0 Å². The van der Waals surface area contributed by atoms with Gasteiger partial charge in [-0.25, -0.2) is 0 Å². The third-order valence-corrected chi connectivity index (χ3v) is 4.18. The molecule has 19 heavy (non-hydrogen) atoms. The number of nitrogens with two attached hydrogens (primary N) is 1.